The minimum absolute atomic E-state index is 0.0457. The topological polar surface area (TPSA) is 93.1 Å². The summed E-state index contributed by atoms with van der Waals surface area (Å²) in [6, 6.07) is 0. The Kier molecular flexibility index (Phi) is 6.30. The van der Waals surface area contributed by atoms with Gasteiger partial charge in [0, 0.05) is 17.8 Å². The van der Waals surface area contributed by atoms with Gasteiger partial charge in [-0.15, -0.1) is 0 Å². The molecule has 13 atom stereocenters. The molecule has 6 rings (SSSR count). The van der Waals surface area contributed by atoms with Gasteiger partial charge in [-0.2, -0.15) is 0 Å². The van der Waals surface area contributed by atoms with Gasteiger partial charge in [0.15, 0.2) is 11.9 Å². The number of carbonyl (C=O) groups excluding carboxylic acids is 2. The summed E-state index contributed by atoms with van der Waals surface area (Å²) >= 11 is 0. The number of ether oxygens (including phenoxy) is 2. The highest BCUT2D eigenvalue weighted by Crippen LogP contribution is 2.94. The number of hydrogen-bond donors (Lipinski definition) is 2. The zero-order valence-electron chi connectivity index (χ0n) is 27.3. The van der Waals surface area contributed by atoms with Crippen LogP contribution >= 0.6 is 0 Å². The van der Waals surface area contributed by atoms with Crippen LogP contribution in [0.15, 0.2) is 0 Å². The molecule has 5 aliphatic carbocycles. The smallest absolute Gasteiger partial charge is 0.305 e. The Hall–Kier alpha value is -0.980. The van der Waals surface area contributed by atoms with E-state index in [0.717, 1.165) is 38.5 Å². The van der Waals surface area contributed by atoms with Crippen molar-refractivity contribution >= 4 is 11.8 Å². The average molecular weight is 573 g/mol. The number of aliphatic hydroxyl groups excluding tert-OH is 1. The first-order chi connectivity index (χ1) is 18.8. The van der Waals surface area contributed by atoms with Gasteiger partial charge in [0.05, 0.1) is 17.8 Å². The molecule has 0 aromatic rings. The molecular formula is C35H56O6. The summed E-state index contributed by atoms with van der Waals surface area (Å²) in [7, 11) is 0. The molecule has 5 saturated carbocycles. The predicted octanol–water partition coefficient (Wildman–Crippen LogP) is 6.10. The van der Waals surface area contributed by atoms with Crippen molar-refractivity contribution in [1.29, 1.82) is 0 Å². The molecule has 2 spiro atoms. The SMILES string of the molecule is CCC(=O)O[C@@H]([C@H]1C[C@@H](C)[C@H]2[C@H](O1)C(=O)[C@@]1(C)[C@@H]3CC[C@@]4(C)C(C)(C)[C@@H](O)CC[C@@]45[C@@H](C)[C@@]35CC[C@]21C)C(C)(C)O. The Labute approximate surface area is 247 Å². The van der Waals surface area contributed by atoms with Crippen molar-refractivity contribution in [1.82, 2.24) is 0 Å². The van der Waals surface area contributed by atoms with Gasteiger partial charge in [-0.3, -0.25) is 9.59 Å². The second kappa shape index (κ2) is 8.59. The zero-order valence-corrected chi connectivity index (χ0v) is 27.3. The average Bonchev–Trinajstić information content (AvgIpc) is 3.37. The zero-order chi connectivity index (χ0) is 30.3. The lowest BCUT2D eigenvalue weighted by Crippen LogP contribution is -2.62. The Morgan fingerprint density at radius 1 is 1.07 bits per heavy atom. The van der Waals surface area contributed by atoms with E-state index in [9.17, 15) is 19.8 Å². The van der Waals surface area contributed by atoms with Crippen molar-refractivity contribution < 1.29 is 29.3 Å². The molecule has 232 valence electrons. The number of aliphatic hydroxyl groups is 2. The lowest BCUT2D eigenvalue weighted by atomic mass is 9.38. The van der Waals surface area contributed by atoms with Crippen LogP contribution in [-0.4, -0.2) is 52.0 Å². The van der Waals surface area contributed by atoms with E-state index in [1.807, 2.05) is 0 Å². The van der Waals surface area contributed by atoms with E-state index in [1.54, 1.807) is 20.8 Å². The summed E-state index contributed by atoms with van der Waals surface area (Å²) in [6.07, 6.45) is 4.89. The third kappa shape index (κ3) is 3.16. The van der Waals surface area contributed by atoms with E-state index >= 15 is 0 Å². The van der Waals surface area contributed by atoms with E-state index in [-0.39, 0.29) is 63.2 Å². The molecule has 0 aromatic heterocycles. The van der Waals surface area contributed by atoms with E-state index in [1.165, 1.54) is 0 Å². The Balaban J connectivity index is 1.38. The number of ketones is 1. The van der Waals surface area contributed by atoms with Crippen LogP contribution < -0.4 is 0 Å². The third-order valence-corrected chi connectivity index (χ3v) is 15.8. The van der Waals surface area contributed by atoms with Crippen LogP contribution in [0.25, 0.3) is 0 Å². The normalized spacial score (nSPS) is 54.1. The van der Waals surface area contributed by atoms with Gasteiger partial charge >= 0.3 is 5.97 Å². The first kappa shape index (κ1) is 30.1. The number of Topliss-reactive ketones (excluding diaryl/α,β-unsaturated/α-hetero) is 1. The second-order valence-corrected chi connectivity index (χ2v) is 17.2. The molecular weight excluding hydrogens is 516 g/mol. The van der Waals surface area contributed by atoms with Crippen molar-refractivity contribution in [3.8, 4) is 0 Å². The molecule has 6 heteroatoms. The minimum atomic E-state index is -1.28. The van der Waals surface area contributed by atoms with Gasteiger partial charge in [0.25, 0.3) is 0 Å². The van der Waals surface area contributed by atoms with Crippen LogP contribution in [0.2, 0.25) is 0 Å². The van der Waals surface area contributed by atoms with Crippen LogP contribution in [0.5, 0.6) is 0 Å². The largest absolute Gasteiger partial charge is 0.457 e. The lowest BCUT2D eigenvalue weighted by Gasteiger charge is -2.66. The summed E-state index contributed by atoms with van der Waals surface area (Å²) in [5.74, 6) is 1.04. The maximum Gasteiger partial charge on any atom is 0.305 e. The van der Waals surface area contributed by atoms with Crippen molar-refractivity contribution in [3.05, 3.63) is 0 Å². The minimum Gasteiger partial charge on any atom is -0.457 e. The number of esters is 1. The molecule has 41 heavy (non-hydrogen) atoms. The lowest BCUT2D eigenvalue weighted by molar-refractivity contribution is -0.213. The standard InChI is InChI=1S/C35H56O6/c1-11-24(37)41-28(30(6,7)39)21-18-19(2)25-26(40-21)27(38)33(10)22-12-14-32(9)29(4,5)23(36)13-15-35(32)20(3)34(22,35)17-16-31(25,33)8/h19-23,25-26,28,36,39H,11-18H2,1-10H3/t19-,20+,21-,22+,23+,25+,26+,28+,31-,32+,33-,34+,35-/m1/s1. The number of hydrogen-bond acceptors (Lipinski definition) is 6. The van der Waals surface area contributed by atoms with Gasteiger partial charge in [-0.05, 0) is 104 Å². The van der Waals surface area contributed by atoms with Gasteiger partial charge in [-0.25, -0.2) is 0 Å². The molecule has 1 heterocycles. The van der Waals surface area contributed by atoms with Crippen LogP contribution in [0.3, 0.4) is 0 Å². The molecule has 0 bridgehead atoms. The van der Waals surface area contributed by atoms with Crippen molar-refractivity contribution in [2.24, 2.45) is 56.2 Å². The highest BCUT2D eigenvalue weighted by atomic mass is 16.6. The molecule has 6 aliphatic rings. The molecule has 1 saturated heterocycles. The molecule has 0 radical (unpaired) electrons. The highest BCUT2D eigenvalue weighted by Gasteiger charge is 2.90. The van der Waals surface area contributed by atoms with E-state index in [0.29, 0.717) is 18.3 Å². The fourth-order valence-electron chi connectivity index (χ4n) is 13.3. The highest BCUT2D eigenvalue weighted by molar-refractivity contribution is 5.93. The van der Waals surface area contributed by atoms with Crippen LogP contribution in [0, 0.1) is 56.2 Å². The van der Waals surface area contributed by atoms with Crippen molar-refractivity contribution in [2.75, 3.05) is 0 Å². The first-order valence-electron chi connectivity index (χ1n) is 16.6. The quantitative estimate of drug-likeness (QED) is 0.396. The van der Waals surface area contributed by atoms with Gasteiger partial charge in [-0.1, -0.05) is 55.4 Å². The monoisotopic (exact) mass is 572 g/mol. The Bertz CT molecular complexity index is 1140. The summed E-state index contributed by atoms with van der Waals surface area (Å²) in [4.78, 5) is 27.3. The summed E-state index contributed by atoms with van der Waals surface area (Å²) in [5.41, 5.74) is -1.76. The van der Waals surface area contributed by atoms with Crippen LogP contribution in [0.4, 0.5) is 0 Å². The van der Waals surface area contributed by atoms with Crippen molar-refractivity contribution in [2.45, 2.75) is 151 Å². The number of rotatable bonds is 4. The molecule has 6 nitrogen and oxygen atoms in total. The Morgan fingerprint density at radius 2 is 1.73 bits per heavy atom. The second-order valence-electron chi connectivity index (χ2n) is 17.2. The molecule has 1 aliphatic heterocycles. The van der Waals surface area contributed by atoms with Gasteiger partial charge in [0.1, 0.15) is 6.10 Å². The number of fused-ring (bicyclic) bond motifs is 4. The summed E-state index contributed by atoms with van der Waals surface area (Å²) in [6.45, 7) is 21.5. The molecule has 0 unspecified atom stereocenters. The Morgan fingerprint density at radius 3 is 2.34 bits per heavy atom. The van der Waals surface area contributed by atoms with Crippen LogP contribution in [-0.2, 0) is 19.1 Å². The van der Waals surface area contributed by atoms with E-state index in [4.69, 9.17) is 9.47 Å². The van der Waals surface area contributed by atoms with Gasteiger partial charge in [0.2, 0.25) is 0 Å². The molecule has 2 N–H and O–H groups in total. The fraction of sp³-hybridized carbons (Fsp3) is 0.943. The maximum absolute atomic E-state index is 14.9. The van der Waals surface area contributed by atoms with Crippen LogP contribution in [0.1, 0.15) is 121 Å². The summed E-state index contributed by atoms with van der Waals surface area (Å²) in [5, 5.41) is 22.2. The fourth-order valence-corrected chi connectivity index (χ4v) is 13.3. The first-order valence-corrected chi connectivity index (χ1v) is 16.6. The van der Waals surface area contributed by atoms with E-state index in [2.05, 4.69) is 48.5 Å². The summed E-state index contributed by atoms with van der Waals surface area (Å²) < 4.78 is 12.5. The third-order valence-electron chi connectivity index (χ3n) is 15.8. The van der Waals surface area contributed by atoms with E-state index < -0.39 is 29.3 Å². The maximum atomic E-state index is 14.9. The molecule has 0 amide bonds. The predicted molar refractivity (Wildman–Crippen MR) is 157 cm³/mol. The van der Waals surface area contributed by atoms with Gasteiger partial charge < -0.3 is 19.7 Å². The number of carbonyl (C=O) groups is 2. The molecule has 0 aromatic carbocycles. The van der Waals surface area contributed by atoms with Crippen molar-refractivity contribution in [3.63, 3.8) is 0 Å². The molecule has 6 fully saturated rings.